The largest absolute Gasteiger partial charge is 0.494 e. The predicted molar refractivity (Wildman–Crippen MR) is 131 cm³/mol. The van der Waals surface area contributed by atoms with Gasteiger partial charge in [0.2, 0.25) is 5.82 Å². The fourth-order valence-corrected chi connectivity index (χ4v) is 6.21. The minimum atomic E-state index is -1.66. The van der Waals surface area contributed by atoms with Crippen LogP contribution < -0.4 is 4.74 Å². The molecule has 2 fully saturated rings. The van der Waals surface area contributed by atoms with Crippen LogP contribution >= 0.6 is 0 Å². The fourth-order valence-electron chi connectivity index (χ4n) is 6.21. The molecule has 1 N–H and O–H groups in total. The number of carbonyl (C=O) groups excluding carboxylic acids is 1. The van der Waals surface area contributed by atoms with Crippen molar-refractivity contribution in [2.24, 2.45) is 0 Å². The molecule has 2 aliphatic heterocycles. The summed E-state index contributed by atoms with van der Waals surface area (Å²) < 4.78 is 45.7. The molecule has 6 nitrogen and oxygen atoms in total. The summed E-state index contributed by atoms with van der Waals surface area (Å²) in [7, 11) is 1.25. The molecule has 192 valence electrons. The summed E-state index contributed by atoms with van der Waals surface area (Å²) in [6.07, 6.45) is -0.504. The molecule has 3 aliphatic rings. The minimum absolute atomic E-state index is 0.00359. The Kier molecular flexibility index (Phi) is 5.88. The molecule has 2 unspecified atom stereocenters. The zero-order chi connectivity index (χ0) is 25.7. The van der Waals surface area contributed by atoms with E-state index in [0.717, 1.165) is 22.3 Å². The quantitative estimate of drug-likeness (QED) is 0.540. The Morgan fingerprint density at radius 2 is 1.57 bits per heavy atom. The van der Waals surface area contributed by atoms with Gasteiger partial charge in [-0.05, 0) is 34.4 Å². The average Bonchev–Trinajstić information content (AvgIpc) is 3.22. The van der Waals surface area contributed by atoms with Crippen molar-refractivity contribution in [1.29, 1.82) is 0 Å². The normalized spacial score (nSPS) is 24.4. The lowest BCUT2D eigenvalue weighted by Gasteiger charge is -2.51. The Morgan fingerprint density at radius 1 is 0.973 bits per heavy atom. The molecular formula is C29H27F2NO5. The number of halogens is 2. The molecule has 1 aliphatic carbocycles. The van der Waals surface area contributed by atoms with E-state index in [1.807, 2.05) is 24.3 Å². The van der Waals surface area contributed by atoms with Crippen LogP contribution in [-0.4, -0.2) is 55.1 Å². The third kappa shape index (κ3) is 3.86. The number of carbonyl (C=O) groups is 1. The molecule has 1 amide bonds. The highest BCUT2D eigenvalue weighted by Gasteiger charge is 2.50. The van der Waals surface area contributed by atoms with Gasteiger partial charge in [0.1, 0.15) is 6.61 Å². The van der Waals surface area contributed by atoms with Crippen LogP contribution in [0.15, 0.2) is 60.7 Å². The molecule has 0 aromatic heterocycles. The van der Waals surface area contributed by atoms with E-state index in [9.17, 15) is 18.7 Å². The van der Waals surface area contributed by atoms with Crippen LogP contribution in [0.5, 0.6) is 5.75 Å². The Labute approximate surface area is 213 Å². The maximum atomic E-state index is 14.9. The number of fused-ring (bicyclic) bond motifs is 5. The number of aliphatic hydroxyl groups is 1. The minimum Gasteiger partial charge on any atom is -0.494 e. The van der Waals surface area contributed by atoms with E-state index >= 15 is 0 Å². The molecule has 0 spiro atoms. The second-order valence-electron chi connectivity index (χ2n) is 9.94. The highest BCUT2D eigenvalue weighted by molar-refractivity contribution is 5.79. The highest BCUT2D eigenvalue weighted by Crippen LogP contribution is 2.46. The van der Waals surface area contributed by atoms with Crippen LogP contribution in [0.2, 0.25) is 0 Å². The van der Waals surface area contributed by atoms with Gasteiger partial charge in [0.05, 0.1) is 38.0 Å². The first-order valence-corrected chi connectivity index (χ1v) is 12.4. The number of ether oxygens (including phenoxy) is 3. The van der Waals surface area contributed by atoms with Crippen molar-refractivity contribution in [1.82, 2.24) is 4.90 Å². The van der Waals surface area contributed by atoms with Crippen molar-refractivity contribution in [3.63, 3.8) is 0 Å². The van der Waals surface area contributed by atoms with E-state index in [1.54, 1.807) is 4.90 Å². The van der Waals surface area contributed by atoms with Gasteiger partial charge < -0.3 is 19.3 Å². The molecule has 2 heterocycles. The number of amides is 1. The van der Waals surface area contributed by atoms with E-state index in [4.69, 9.17) is 14.2 Å². The lowest BCUT2D eigenvalue weighted by Crippen LogP contribution is -2.62. The van der Waals surface area contributed by atoms with Gasteiger partial charge in [0, 0.05) is 24.3 Å². The van der Waals surface area contributed by atoms with Gasteiger partial charge in [0.15, 0.2) is 11.6 Å². The van der Waals surface area contributed by atoms with Gasteiger partial charge in [-0.25, -0.2) is 9.18 Å². The van der Waals surface area contributed by atoms with E-state index < -0.39 is 35.4 Å². The first kappa shape index (κ1) is 23.9. The van der Waals surface area contributed by atoms with Crippen molar-refractivity contribution in [3.8, 4) is 16.9 Å². The van der Waals surface area contributed by atoms with Crippen molar-refractivity contribution >= 4 is 6.09 Å². The molecule has 8 heteroatoms. The van der Waals surface area contributed by atoms with Gasteiger partial charge in [0.25, 0.3) is 0 Å². The number of benzene rings is 3. The lowest BCUT2D eigenvalue weighted by molar-refractivity contribution is -0.137. The summed E-state index contributed by atoms with van der Waals surface area (Å²) in [5.74, 6) is -2.60. The summed E-state index contributed by atoms with van der Waals surface area (Å²) in [4.78, 5) is 15.0. The molecule has 3 aromatic rings. The van der Waals surface area contributed by atoms with Crippen molar-refractivity contribution in [2.45, 2.75) is 36.4 Å². The summed E-state index contributed by atoms with van der Waals surface area (Å²) >= 11 is 0. The monoisotopic (exact) mass is 507 g/mol. The Balaban J connectivity index is 1.21. The van der Waals surface area contributed by atoms with E-state index in [2.05, 4.69) is 24.3 Å². The third-order valence-electron chi connectivity index (χ3n) is 7.87. The van der Waals surface area contributed by atoms with Crippen molar-refractivity contribution < 1.29 is 32.9 Å². The van der Waals surface area contributed by atoms with Gasteiger partial charge in [-0.3, -0.25) is 4.90 Å². The molecule has 2 atom stereocenters. The van der Waals surface area contributed by atoms with Crippen LogP contribution in [0, 0.1) is 11.6 Å². The second-order valence-corrected chi connectivity index (χ2v) is 9.94. The van der Waals surface area contributed by atoms with Gasteiger partial charge in [-0.1, -0.05) is 48.5 Å². The Bertz CT molecular complexity index is 1300. The molecule has 2 saturated heterocycles. The molecule has 0 radical (unpaired) electrons. The summed E-state index contributed by atoms with van der Waals surface area (Å²) in [6, 6.07) is 17.8. The van der Waals surface area contributed by atoms with Crippen LogP contribution in [0.3, 0.4) is 0 Å². The van der Waals surface area contributed by atoms with Gasteiger partial charge in [-0.15, -0.1) is 0 Å². The first-order valence-electron chi connectivity index (χ1n) is 12.4. The second kappa shape index (κ2) is 9.11. The van der Waals surface area contributed by atoms with E-state index in [1.165, 1.54) is 19.2 Å². The molecular weight excluding hydrogens is 480 g/mol. The zero-order valence-electron chi connectivity index (χ0n) is 20.3. The topological polar surface area (TPSA) is 68.2 Å². The highest BCUT2D eigenvalue weighted by atomic mass is 19.2. The number of hydrogen-bond donors (Lipinski definition) is 1. The standard InChI is InChI=1S/C29H27F2NO5/c1-35-25-11-10-24(26(30)27(25)31)29(34)12-17-14-36-15-18(13-29)32(17)28(33)37-16-23-21-8-4-2-6-19(21)20-7-3-5-9-22(20)23/h2-11,17-18,23,34H,12-16H2,1H3. The number of hydrogen-bond acceptors (Lipinski definition) is 5. The number of morpholine rings is 1. The smallest absolute Gasteiger partial charge is 0.410 e. The van der Waals surface area contributed by atoms with E-state index in [0.29, 0.717) is 0 Å². The zero-order valence-corrected chi connectivity index (χ0v) is 20.3. The summed E-state index contributed by atoms with van der Waals surface area (Å²) in [6.45, 7) is 0.513. The number of nitrogens with zero attached hydrogens (tertiary/aromatic N) is 1. The van der Waals surface area contributed by atoms with Crippen molar-refractivity contribution in [3.05, 3.63) is 89.0 Å². The van der Waals surface area contributed by atoms with Gasteiger partial charge >= 0.3 is 6.09 Å². The molecule has 3 aromatic carbocycles. The molecule has 6 rings (SSSR count). The van der Waals surface area contributed by atoms with Crippen LogP contribution in [0.4, 0.5) is 13.6 Å². The first-order chi connectivity index (χ1) is 17.9. The number of rotatable bonds is 4. The third-order valence-corrected chi connectivity index (χ3v) is 7.87. The number of piperidine rings is 1. The average molecular weight is 508 g/mol. The predicted octanol–water partition coefficient (Wildman–Crippen LogP) is 4.97. The molecule has 2 bridgehead atoms. The van der Waals surface area contributed by atoms with Crippen molar-refractivity contribution in [2.75, 3.05) is 26.9 Å². The van der Waals surface area contributed by atoms with Crippen LogP contribution in [0.25, 0.3) is 11.1 Å². The maximum Gasteiger partial charge on any atom is 0.410 e. The summed E-state index contributed by atoms with van der Waals surface area (Å²) in [5, 5.41) is 11.5. The van der Waals surface area contributed by atoms with Crippen LogP contribution in [0.1, 0.15) is 35.4 Å². The van der Waals surface area contributed by atoms with E-state index in [-0.39, 0.29) is 49.9 Å². The Hall–Kier alpha value is -3.49. The van der Waals surface area contributed by atoms with Gasteiger partial charge in [-0.2, -0.15) is 4.39 Å². The fraction of sp³-hybridized carbons (Fsp3) is 0.345. The molecule has 37 heavy (non-hydrogen) atoms. The SMILES string of the molecule is COc1ccc(C2(O)CC3COCC(C2)N3C(=O)OCC2c3ccccc3-c3ccccc32)c(F)c1F. The Morgan fingerprint density at radius 3 is 2.16 bits per heavy atom. The summed E-state index contributed by atoms with van der Waals surface area (Å²) in [5.41, 5.74) is 2.71. The van der Waals surface area contributed by atoms with Crippen LogP contribution in [-0.2, 0) is 15.1 Å². The number of methoxy groups -OCH3 is 1. The molecule has 0 saturated carbocycles. The maximum absolute atomic E-state index is 14.9. The lowest BCUT2D eigenvalue weighted by atomic mass is 9.76.